The first-order valence-corrected chi connectivity index (χ1v) is 8.84. The fraction of sp³-hybridized carbons (Fsp3) is 0.250. The van der Waals surface area contributed by atoms with Crippen molar-refractivity contribution in [1.82, 2.24) is 4.31 Å². The first-order chi connectivity index (χ1) is 11.6. The number of benzene rings is 2. The van der Waals surface area contributed by atoms with Crippen LogP contribution < -0.4 is 4.74 Å². The molecular formula is C16H15ClF3NO3S. The highest BCUT2D eigenvalue weighted by atomic mass is 35.5. The molecule has 0 fully saturated rings. The predicted molar refractivity (Wildman–Crippen MR) is 88.1 cm³/mol. The van der Waals surface area contributed by atoms with Gasteiger partial charge in [-0.25, -0.2) is 8.42 Å². The summed E-state index contributed by atoms with van der Waals surface area (Å²) in [6, 6.07) is 9.24. The number of nitrogens with zero attached hydrogens (tertiary/aromatic N) is 1. The first kappa shape index (κ1) is 19.6. The molecule has 0 amide bonds. The second kappa shape index (κ2) is 7.23. The van der Waals surface area contributed by atoms with Crippen LogP contribution in [0.5, 0.6) is 5.75 Å². The van der Waals surface area contributed by atoms with Crippen LogP contribution in [0.2, 0.25) is 5.02 Å². The average molecular weight is 394 g/mol. The molecular weight excluding hydrogens is 379 g/mol. The minimum Gasteiger partial charge on any atom is -0.496 e. The van der Waals surface area contributed by atoms with Gasteiger partial charge in [0.1, 0.15) is 5.75 Å². The summed E-state index contributed by atoms with van der Waals surface area (Å²) in [6.07, 6.45) is -4.85. The third-order valence-electron chi connectivity index (χ3n) is 3.52. The van der Waals surface area contributed by atoms with Crippen LogP contribution in [-0.4, -0.2) is 26.9 Å². The Morgan fingerprint density at radius 1 is 1.16 bits per heavy atom. The van der Waals surface area contributed by atoms with Gasteiger partial charge in [0, 0.05) is 24.2 Å². The molecule has 2 aromatic rings. The lowest BCUT2D eigenvalue weighted by molar-refractivity contribution is -0.139. The van der Waals surface area contributed by atoms with E-state index < -0.39 is 26.7 Å². The maximum Gasteiger partial charge on any atom is 0.417 e. The van der Waals surface area contributed by atoms with Crippen molar-refractivity contribution in [2.45, 2.75) is 17.6 Å². The molecule has 0 saturated carbocycles. The van der Waals surface area contributed by atoms with Gasteiger partial charge in [-0.2, -0.15) is 17.5 Å². The number of hydrogen-bond donors (Lipinski definition) is 0. The van der Waals surface area contributed by atoms with E-state index in [9.17, 15) is 21.6 Å². The summed E-state index contributed by atoms with van der Waals surface area (Å²) in [7, 11) is -1.76. The number of ether oxygens (including phenoxy) is 1. The van der Waals surface area contributed by atoms with E-state index in [4.69, 9.17) is 16.3 Å². The lowest BCUT2D eigenvalue weighted by Crippen LogP contribution is -2.28. The largest absolute Gasteiger partial charge is 0.496 e. The first-order valence-electron chi connectivity index (χ1n) is 7.02. The maximum atomic E-state index is 13.2. The minimum absolute atomic E-state index is 0.147. The van der Waals surface area contributed by atoms with Gasteiger partial charge < -0.3 is 4.74 Å². The predicted octanol–water partition coefficient (Wildman–Crippen LogP) is 4.19. The average Bonchev–Trinajstić information content (AvgIpc) is 2.54. The van der Waals surface area contributed by atoms with Crippen LogP contribution in [0.1, 0.15) is 11.1 Å². The van der Waals surface area contributed by atoms with Gasteiger partial charge in [0.05, 0.1) is 17.6 Å². The summed E-state index contributed by atoms with van der Waals surface area (Å²) in [5, 5.41) is -0.196. The fourth-order valence-corrected chi connectivity index (χ4v) is 3.78. The second-order valence-corrected chi connectivity index (χ2v) is 7.66. The number of methoxy groups -OCH3 is 1. The number of para-hydroxylation sites is 1. The molecule has 0 aliphatic carbocycles. The van der Waals surface area contributed by atoms with Crippen molar-refractivity contribution in [2.24, 2.45) is 0 Å². The summed E-state index contributed by atoms with van der Waals surface area (Å²) in [5.41, 5.74) is -0.773. The van der Waals surface area contributed by atoms with Gasteiger partial charge in [-0.15, -0.1) is 0 Å². The Balaban J connectivity index is 2.45. The Hall–Kier alpha value is -1.77. The van der Waals surface area contributed by atoms with Gasteiger partial charge in [-0.1, -0.05) is 29.8 Å². The van der Waals surface area contributed by atoms with Gasteiger partial charge in [0.15, 0.2) is 0 Å². The van der Waals surface area contributed by atoms with Crippen LogP contribution in [0.4, 0.5) is 13.2 Å². The molecule has 2 rings (SSSR count). The van der Waals surface area contributed by atoms with Crippen molar-refractivity contribution in [1.29, 1.82) is 0 Å². The highest BCUT2D eigenvalue weighted by Gasteiger charge is 2.38. The number of halogens is 4. The monoisotopic (exact) mass is 393 g/mol. The molecule has 0 aliphatic heterocycles. The van der Waals surface area contributed by atoms with Crippen LogP contribution in [0, 0.1) is 0 Å². The molecule has 0 heterocycles. The topological polar surface area (TPSA) is 46.6 Å². The van der Waals surface area contributed by atoms with E-state index in [2.05, 4.69) is 0 Å². The molecule has 0 unspecified atom stereocenters. The molecule has 0 aliphatic rings. The summed E-state index contributed by atoms with van der Waals surface area (Å²) >= 11 is 5.60. The zero-order valence-electron chi connectivity index (χ0n) is 13.3. The molecule has 0 N–H and O–H groups in total. The normalized spacial score (nSPS) is 12.4. The second-order valence-electron chi connectivity index (χ2n) is 5.21. The molecule has 0 atom stereocenters. The molecule has 0 spiro atoms. The molecule has 4 nitrogen and oxygen atoms in total. The van der Waals surface area contributed by atoms with Gasteiger partial charge >= 0.3 is 6.18 Å². The van der Waals surface area contributed by atoms with Crippen molar-refractivity contribution < 1.29 is 26.3 Å². The molecule has 25 heavy (non-hydrogen) atoms. The third-order valence-corrected chi connectivity index (χ3v) is 5.62. The number of alkyl halides is 3. The minimum atomic E-state index is -4.85. The Morgan fingerprint density at radius 2 is 1.80 bits per heavy atom. The number of sulfonamides is 1. The van der Waals surface area contributed by atoms with Gasteiger partial charge in [-0.05, 0) is 24.3 Å². The Labute approximate surface area is 148 Å². The van der Waals surface area contributed by atoms with Gasteiger partial charge in [0.2, 0.25) is 10.0 Å². The van der Waals surface area contributed by atoms with Crippen molar-refractivity contribution in [3.8, 4) is 5.75 Å². The maximum absolute atomic E-state index is 13.2. The Bertz CT molecular complexity index is 869. The van der Waals surface area contributed by atoms with E-state index in [0.717, 1.165) is 16.4 Å². The fourth-order valence-electron chi connectivity index (χ4n) is 2.28. The highest BCUT2D eigenvalue weighted by Crippen LogP contribution is 2.37. The SMILES string of the molecule is COc1ccccc1CN(C)S(=O)(=O)c1ccc(Cl)cc1C(F)(F)F. The smallest absolute Gasteiger partial charge is 0.417 e. The van der Waals surface area contributed by atoms with Crippen LogP contribution in [0.3, 0.4) is 0 Å². The van der Waals surface area contributed by atoms with Crippen LogP contribution in [0.25, 0.3) is 0 Å². The molecule has 2 aromatic carbocycles. The van der Waals surface area contributed by atoms with E-state index in [1.807, 2.05) is 0 Å². The molecule has 0 bridgehead atoms. The van der Waals surface area contributed by atoms with Crippen molar-refractivity contribution in [3.63, 3.8) is 0 Å². The standard InChI is InChI=1S/C16H15ClF3NO3S/c1-21(10-11-5-3-4-6-14(11)24-2)25(22,23)15-8-7-12(17)9-13(15)16(18,19)20/h3-9H,10H2,1-2H3. The molecule has 0 aromatic heterocycles. The van der Waals surface area contributed by atoms with Crippen LogP contribution in [-0.2, 0) is 22.7 Å². The molecule has 0 saturated heterocycles. The summed E-state index contributed by atoms with van der Waals surface area (Å²) in [5.74, 6) is 0.441. The van der Waals surface area contributed by atoms with E-state index in [1.54, 1.807) is 24.3 Å². The van der Waals surface area contributed by atoms with Crippen LogP contribution in [0.15, 0.2) is 47.4 Å². The quantitative estimate of drug-likeness (QED) is 0.765. The lowest BCUT2D eigenvalue weighted by atomic mass is 10.2. The molecule has 0 radical (unpaired) electrons. The summed E-state index contributed by atoms with van der Waals surface area (Å²) in [6.45, 7) is -0.147. The Kier molecular flexibility index (Phi) is 5.65. The summed E-state index contributed by atoms with van der Waals surface area (Å²) < 4.78 is 70.9. The zero-order chi connectivity index (χ0) is 18.8. The van der Waals surface area contributed by atoms with E-state index in [-0.39, 0.29) is 11.6 Å². The number of rotatable bonds is 5. The van der Waals surface area contributed by atoms with Crippen molar-refractivity contribution >= 4 is 21.6 Å². The van der Waals surface area contributed by atoms with E-state index >= 15 is 0 Å². The van der Waals surface area contributed by atoms with Crippen molar-refractivity contribution in [2.75, 3.05) is 14.2 Å². The van der Waals surface area contributed by atoms with Crippen molar-refractivity contribution in [3.05, 3.63) is 58.6 Å². The van der Waals surface area contributed by atoms with Crippen LogP contribution >= 0.6 is 11.6 Å². The Morgan fingerprint density at radius 3 is 2.40 bits per heavy atom. The van der Waals surface area contributed by atoms with E-state index in [1.165, 1.54) is 14.2 Å². The number of hydrogen-bond acceptors (Lipinski definition) is 3. The zero-order valence-corrected chi connectivity index (χ0v) is 14.9. The van der Waals surface area contributed by atoms with Gasteiger partial charge in [-0.3, -0.25) is 0 Å². The third kappa shape index (κ3) is 4.26. The molecule has 136 valence electrons. The highest BCUT2D eigenvalue weighted by molar-refractivity contribution is 7.89. The molecule has 9 heteroatoms. The van der Waals surface area contributed by atoms with Gasteiger partial charge in [0.25, 0.3) is 0 Å². The lowest BCUT2D eigenvalue weighted by Gasteiger charge is -2.21. The van der Waals surface area contributed by atoms with E-state index in [0.29, 0.717) is 17.4 Å². The summed E-state index contributed by atoms with van der Waals surface area (Å²) in [4.78, 5) is -0.846.